The molecule has 0 bridgehead atoms. The number of aryl methyl sites for hydroxylation is 1. The predicted octanol–water partition coefficient (Wildman–Crippen LogP) is 2.24. The fourth-order valence-electron chi connectivity index (χ4n) is 3.62. The lowest BCUT2D eigenvalue weighted by Crippen LogP contribution is -2.47. The summed E-state index contributed by atoms with van der Waals surface area (Å²) in [4.78, 5) is 24.3. The van der Waals surface area contributed by atoms with E-state index in [4.69, 9.17) is 4.74 Å². The molecule has 1 aromatic carbocycles. The van der Waals surface area contributed by atoms with Gasteiger partial charge in [-0.1, -0.05) is 27.2 Å². The molecule has 0 saturated carbocycles. The van der Waals surface area contributed by atoms with Crippen LogP contribution in [-0.4, -0.2) is 18.9 Å². The maximum atomic E-state index is 12.8. The summed E-state index contributed by atoms with van der Waals surface area (Å²) in [5.74, 6) is -0.788. The van der Waals surface area contributed by atoms with Gasteiger partial charge in [-0.25, -0.2) is 0 Å². The van der Waals surface area contributed by atoms with Crippen molar-refractivity contribution in [1.29, 1.82) is 0 Å². The normalized spacial score (nSPS) is 19.5. The Balaban J connectivity index is 2.35. The summed E-state index contributed by atoms with van der Waals surface area (Å²) in [5, 5.41) is 11.5. The maximum Gasteiger partial charge on any atom is 0.166 e. The third kappa shape index (κ3) is 2.74. The minimum absolute atomic E-state index is 0.0464. The van der Waals surface area contributed by atoms with Crippen molar-refractivity contribution >= 4 is 11.8 Å². The van der Waals surface area contributed by atoms with E-state index in [0.717, 1.165) is 17.7 Å². The first kappa shape index (κ1) is 16.5. The first-order chi connectivity index (χ1) is 10.3. The van der Waals surface area contributed by atoms with Crippen LogP contribution in [0.5, 0.6) is 5.75 Å². The number of ether oxygens (including phenoxy) is 1. The molecular formula is C18H23O4-. The number of carboxylic acid groups (broad SMARTS) is 1. The van der Waals surface area contributed by atoms with E-state index in [1.807, 2.05) is 13.0 Å². The summed E-state index contributed by atoms with van der Waals surface area (Å²) < 4.78 is 5.20. The molecule has 0 aliphatic heterocycles. The first-order valence-electron chi connectivity index (χ1n) is 7.75. The van der Waals surface area contributed by atoms with Crippen LogP contribution >= 0.6 is 0 Å². The van der Waals surface area contributed by atoms with Gasteiger partial charge in [-0.3, -0.25) is 4.79 Å². The van der Waals surface area contributed by atoms with Gasteiger partial charge in [-0.2, -0.15) is 0 Å². The highest BCUT2D eigenvalue weighted by Gasteiger charge is 2.41. The topological polar surface area (TPSA) is 66.4 Å². The molecule has 0 fully saturated rings. The Bertz CT molecular complexity index is 589. The number of methoxy groups -OCH3 is 1. The van der Waals surface area contributed by atoms with Gasteiger partial charge in [-0.05, 0) is 42.5 Å². The zero-order valence-corrected chi connectivity index (χ0v) is 13.6. The molecule has 0 unspecified atom stereocenters. The van der Waals surface area contributed by atoms with Crippen LogP contribution in [0.3, 0.4) is 0 Å². The molecule has 2 rings (SSSR count). The van der Waals surface area contributed by atoms with E-state index in [0.29, 0.717) is 18.4 Å². The van der Waals surface area contributed by atoms with Crippen molar-refractivity contribution in [2.75, 3.05) is 7.11 Å². The lowest BCUT2D eigenvalue weighted by atomic mass is 9.65. The van der Waals surface area contributed by atoms with E-state index in [-0.39, 0.29) is 17.6 Å². The lowest BCUT2D eigenvalue weighted by molar-refractivity contribution is -0.320. The number of benzene rings is 1. The highest BCUT2D eigenvalue weighted by Crippen LogP contribution is 2.41. The zero-order valence-electron chi connectivity index (χ0n) is 13.6. The number of ketones is 1. The molecule has 4 heteroatoms. The second-order valence-electron chi connectivity index (χ2n) is 6.56. The highest BCUT2D eigenvalue weighted by atomic mass is 16.5. The van der Waals surface area contributed by atoms with Crippen molar-refractivity contribution in [1.82, 2.24) is 0 Å². The summed E-state index contributed by atoms with van der Waals surface area (Å²) in [6.07, 6.45) is 2.08. The van der Waals surface area contributed by atoms with Crippen LogP contribution in [0.1, 0.15) is 49.5 Å². The third-order valence-corrected chi connectivity index (χ3v) is 5.02. The minimum atomic E-state index is -1.09. The molecular weight excluding hydrogens is 280 g/mol. The van der Waals surface area contributed by atoms with Crippen molar-refractivity contribution in [3.8, 4) is 5.75 Å². The largest absolute Gasteiger partial charge is 0.550 e. The Morgan fingerprint density at radius 2 is 2.14 bits per heavy atom. The summed E-state index contributed by atoms with van der Waals surface area (Å²) in [6.45, 7) is 5.26. The average molecular weight is 303 g/mol. The zero-order chi connectivity index (χ0) is 16.5. The van der Waals surface area contributed by atoms with E-state index < -0.39 is 11.4 Å². The molecule has 0 amide bonds. The van der Waals surface area contributed by atoms with E-state index in [2.05, 4.69) is 0 Å². The SMILES string of the molecule is CC[C@H]([C@@H]1CCc2cc(OC)ccc2C1=O)C(C)(C)C(=O)[O-]. The van der Waals surface area contributed by atoms with Gasteiger partial charge in [0, 0.05) is 22.9 Å². The first-order valence-corrected chi connectivity index (χ1v) is 7.75. The minimum Gasteiger partial charge on any atom is -0.550 e. The van der Waals surface area contributed by atoms with Crippen molar-refractivity contribution in [2.24, 2.45) is 17.3 Å². The van der Waals surface area contributed by atoms with E-state index >= 15 is 0 Å². The van der Waals surface area contributed by atoms with E-state index in [9.17, 15) is 14.7 Å². The van der Waals surface area contributed by atoms with E-state index in [1.165, 1.54) is 0 Å². The molecule has 0 N–H and O–H groups in total. The van der Waals surface area contributed by atoms with Gasteiger partial charge in [0.05, 0.1) is 7.11 Å². The highest BCUT2D eigenvalue weighted by molar-refractivity contribution is 6.00. The van der Waals surface area contributed by atoms with Crippen molar-refractivity contribution in [3.63, 3.8) is 0 Å². The van der Waals surface area contributed by atoms with Crippen LogP contribution in [0.15, 0.2) is 18.2 Å². The van der Waals surface area contributed by atoms with Gasteiger partial charge in [0.15, 0.2) is 5.78 Å². The van der Waals surface area contributed by atoms with Crippen molar-refractivity contribution in [3.05, 3.63) is 29.3 Å². The van der Waals surface area contributed by atoms with Crippen molar-refractivity contribution in [2.45, 2.75) is 40.0 Å². The van der Waals surface area contributed by atoms with Gasteiger partial charge in [0.2, 0.25) is 0 Å². The van der Waals surface area contributed by atoms with Gasteiger partial charge >= 0.3 is 0 Å². The molecule has 2 atom stereocenters. The molecule has 1 aromatic rings. The number of carbonyl (C=O) groups excluding carboxylic acids is 2. The van der Waals surface area contributed by atoms with Gasteiger partial charge in [0.25, 0.3) is 0 Å². The Labute approximate surface area is 131 Å². The summed E-state index contributed by atoms with van der Waals surface area (Å²) >= 11 is 0. The van der Waals surface area contributed by atoms with Crippen LogP contribution in [-0.2, 0) is 11.2 Å². The van der Waals surface area contributed by atoms with Crippen LogP contribution in [0, 0.1) is 17.3 Å². The van der Waals surface area contributed by atoms with Crippen LogP contribution in [0.4, 0.5) is 0 Å². The molecule has 0 spiro atoms. The maximum absolute atomic E-state index is 12.8. The number of aliphatic carboxylic acids is 1. The third-order valence-electron chi connectivity index (χ3n) is 5.02. The lowest BCUT2D eigenvalue weighted by Gasteiger charge is -2.41. The van der Waals surface area contributed by atoms with E-state index in [1.54, 1.807) is 33.1 Å². The van der Waals surface area contributed by atoms with Gasteiger partial charge in [0.1, 0.15) is 5.75 Å². The molecule has 0 radical (unpaired) electrons. The Hall–Kier alpha value is -1.84. The number of carboxylic acids is 1. The molecule has 0 aromatic heterocycles. The number of hydrogen-bond donors (Lipinski definition) is 0. The Morgan fingerprint density at radius 3 is 2.68 bits per heavy atom. The molecule has 0 heterocycles. The second kappa shape index (κ2) is 6.11. The summed E-state index contributed by atoms with van der Waals surface area (Å²) in [5.41, 5.74) is 0.672. The molecule has 120 valence electrons. The molecule has 4 nitrogen and oxygen atoms in total. The van der Waals surface area contributed by atoms with Crippen LogP contribution < -0.4 is 9.84 Å². The fraction of sp³-hybridized carbons (Fsp3) is 0.556. The Kier molecular flexibility index (Phi) is 4.59. The smallest absolute Gasteiger partial charge is 0.166 e. The fourth-order valence-corrected chi connectivity index (χ4v) is 3.62. The molecule has 0 saturated heterocycles. The Morgan fingerprint density at radius 1 is 1.45 bits per heavy atom. The van der Waals surface area contributed by atoms with Crippen LogP contribution in [0.25, 0.3) is 0 Å². The molecule has 22 heavy (non-hydrogen) atoms. The number of carbonyl (C=O) groups is 2. The number of rotatable bonds is 5. The van der Waals surface area contributed by atoms with Crippen LogP contribution in [0.2, 0.25) is 0 Å². The average Bonchev–Trinajstić information content (AvgIpc) is 2.49. The number of Topliss-reactive ketones (excluding diaryl/α,β-unsaturated/α-hetero) is 1. The van der Waals surface area contributed by atoms with Gasteiger partial charge in [-0.15, -0.1) is 0 Å². The van der Waals surface area contributed by atoms with Crippen molar-refractivity contribution < 1.29 is 19.4 Å². The molecule has 1 aliphatic carbocycles. The summed E-state index contributed by atoms with van der Waals surface area (Å²) in [7, 11) is 1.60. The second-order valence-corrected chi connectivity index (χ2v) is 6.56. The summed E-state index contributed by atoms with van der Waals surface area (Å²) in [6, 6.07) is 5.47. The number of hydrogen-bond acceptors (Lipinski definition) is 4. The monoisotopic (exact) mass is 303 g/mol. The number of fused-ring (bicyclic) bond motifs is 1. The quantitative estimate of drug-likeness (QED) is 0.836. The predicted molar refractivity (Wildman–Crippen MR) is 81.7 cm³/mol. The molecule has 1 aliphatic rings. The van der Waals surface area contributed by atoms with Gasteiger partial charge < -0.3 is 14.6 Å². The standard InChI is InChI=1S/C18H24O4/c1-5-15(18(2,3)17(20)21)14-8-6-11-10-12(22-4)7-9-13(11)16(14)19/h7,9-10,14-15H,5-6,8H2,1-4H3,(H,20,21)/p-1/t14-,15+/m0/s1.